The summed E-state index contributed by atoms with van der Waals surface area (Å²) in [5.74, 6) is -0.956. The quantitative estimate of drug-likeness (QED) is 0.680. The molecule has 1 N–H and O–H groups in total. The van der Waals surface area contributed by atoms with Crippen molar-refractivity contribution in [2.24, 2.45) is 26.2 Å². The maximum atomic E-state index is 12.2. The van der Waals surface area contributed by atoms with Crippen molar-refractivity contribution in [3.05, 3.63) is 0 Å². The lowest BCUT2D eigenvalue weighted by atomic mass is 9.72. The van der Waals surface area contributed by atoms with E-state index in [9.17, 15) is 9.90 Å². The molecule has 4 heteroatoms. The molecule has 24 heavy (non-hydrogen) atoms. The molecule has 1 rings (SSSR count). The van der Waals surface area contributed by atoms with Gasteiger partial charge < -0.3 is 5.11 Å². The van der Waals surface area contributed by atoms with Gasteiger partial charge in [0.2, 0.25) is 0 Å². The van der Waals surface area contributed by atoms with Crippen molar-refractivity contribution in [2.45, 2.75) is 93.7 Å². The molecule has 0 atom stereocenters. The summed E-state index contributed by atoms with van der Waals surface area (Å²) in [6.45, 7) is 18.7. The minimum Gasteiger partial charge on any atom is -0.478 e. The number of hydrogen-bond donors (Lipinski definition) is 1. The minimum absolute atomic E-state index is 0.180. The molecule has 4 nitrogen and oxygen atoms in total. The summed E-state index contributed by atoms with van der Waals surface area (Å²) in [7, 11) is 0. The highest BCUT2D eigenvalue weighted by atomic mass is 16.4. The third kappa shape index (κ3) is 3.57. The molecule has 0 saturated carbocycles. The standard InChI is InChI=1S/C20H36N2O2/c1-10-12-18(6,7)14-15(19(8,9)13-11-2)22-20(21-14,16(23)24)17(3,4)5/h10-13H2,1-9H3,(H,23,24). The number of aliphatic carboxylic acids is 1. The lowest BCUT2D eigenvalue weighted by Crippen LogP contribution is -2.46. The van der Waals surface area contributed by atoms with Crippen LogP contribution in [0.15, 0.2) is 9.98 Å². The number of rotatable bonds is 7. The van der Waals surface area contributed by atoms with Gasteiger partial charge in [0.15, 0.2) is 0 Å². The number of carboxylic acid groups (broad SMARTS) is 1. The van der Waals surface area contributed by atoms with Crippen LogP contribution < -0.4 is 0 Å². The largest absolute Gasteiger partial charge is 0.478 e. The molecule has 0 radical (unpaired) electrons. The van der Waals surface area contributed by atoms with Crippen molar-refractivity contribution in [3.8, 4) is 0 Å². The first-order valence-electron chi connectivity index (χ1n) is 9.19. The van der Waals surface area contributed by atoms with E-state index in [4.69, 9.17) is 9.98 Å². The van der Waals surface area contributed by atoms with Crippen molar-refractivity contribution in [3.63, 3.8) is 0 Å². The van der Waals surface area contributed by atoms with Gasteiger partial charge in [0.25, 0.3) is 5.66 Å². The van der Waals surface area contributed by atoms with Gasteiger partial charge in [0.05, 0.1) is 11.4 Å². The van der Waals surface area contributed by atoms with Gasteiger partial charge in [0.1, 0.15) is 0 Å². The maximum Gasteiger partial charge on any atom is 0.354 e. The first-order chi connectivity index (χ1) is 10.7. The van der Waals surface area contributed by atoms with Gasteiger partial charge in [-0.05, 0) is 12.8 Å². The van der Waals surface area contributed by atoms with E-state index in [1.54, 1.807) is 0 Å². The van der Waals surface area contributed by atoms with E-state index in [0.29, 0.717) is 0 Å². The average molecular weight is 337 g/mol. The fourth-order valence-corrected chi connectivity index (χ4v) is 3.64. The molecule has 0 unspecified atom stereocenters. The van der Waals surface area contributed by atoms with Crippen LogP contribution in [0.5, 0.6) is 0 Å². The van der Waals surface area contributed by atoms with E-state index in [0.717, 1.165) is 37.1 Å². The molecule has 1 aliphatic rings. The second-order valence-electron chi connectivity index (χ2n) is 9.42. The Hall–Kier alpha value is -1.19. The van der Waals surface area contributed by atoms with Crippen LogP contribution in [0.3, 0.4) is 0 Å². The summed E-state index contributed by atoms with van der Waals surface area (Å²) in [5.41, 5.74) is -0.591. The third-order valence-corrected chi connectivity index (χ3v) is 5.15. The zero-order valence-corrected chi connectivity index (χ0v) is 17.1. The minimum atomic E-state index is -1.42. The summed E-state index contributed by atoms with van der Waals surface area (Å²) in [5, 5.41) is 10.0. The van der Waals surface area contributed by atoms with Gasteiger partial charge in [-0.25, -0.2) is 14.8 Å². The van der Waals surface area contributed by atoms with Crippen LogP contribution in [0.1, 0.15) is 88.0 Å². The molecule has 0 amide bonds. The Bertz CT molecular complexity index is 514. The third-order valence-electron chi connectivity index (χ3n) is 5.15. The van der Waals surface area contributed by atoms with Crippen molar-refractivity contribution in [1.29, 1.82) is 0 Å². The highest BCUT2D eigenvalue weighted by Gasteiger charge is 2.55. The monoisotopic (exact) mass is 336 g/mol. The number of carboxylic acids is 1. The van der Waals surface area contributed by atoms with Crippen LogP contribution >= 0.6 is 0 Å². The molecule has 0 aromatic heterocycles. The molecule has 0 aromatic carbocycles. The molecule has 1 heterocycles. The number of nitrogens with zero attached hydrogens (tertiary/aromatic N) is 2. The zero-order valence-electron chi connectivity index (χ0n) is 17.1. The fraction of sp³-hybridized carbons (Fsp3) is 0.850. The molecule has 0 fully saturated rings. The molecular weight excluding hydrogens is 300 g/mol. The Balaban J connectivity index is 3.66. The van der Waals surface area contributed by atoms with Crippen molar-refractivity contribution < 1.29 is 9.90 Å². The molecular formula is C20H36N2O2. The zero-order chi connectivity index (χ0) is 19.0. The summed E-state index contributed by atoms with van der Waals surface area (Å²) >= 11 is 0. The predicted octanol–water partition coefficient (Wildman–Crippen LogP) is 5.36. The van der Waals surface area contributed by atoms with Crippen molar-refractivity contribution in [2.75, 3.05) is 0 Å². The van der Waals surface area contributed by atoms with E-state index < -0.39 is 17.0 Å². The van der Waals surface area contributed by atoms with Crippen LogP contribution in [-0.2, 0) is 4.79 Å². The Morgan fingerprint density at radius 1 is 0.875 bits per heavy atom. The van der Waals surface area contributed by atoms with E-state index in [1.165, 1.54) is 0 Å². The molecule has 0 spiro atoms. The van der Waals surface area contributed by atoms with Gasteiger partial charge in [-0.2, -0.15) is 0 Å². The second-order valence-corrected chi connectivity index (χ2v) is 9.42. The molecule has 0 aliphatic carbocycles. The predicted molar refractivity (Wildman–Crippen MR) is 102 cm³/mol. The smallest absolute Gasteiger partial charge is 0.354 e. The van der Waals surface area contributed by atoms with Gasteiger partial charge in [0, 0.05) is 16.2 Å². The Morgan fingerprint density at radius 3 is 1.42 bits per heavy atom. The molecule has 0 aromatic rings. The van der Waals surface area contributed by atoms with Crippen LogP contribution in [0.2, 0.25) is 0 Å². The number of carbonyl (C=O) groups is 1. The SMILES string of the molecule is CCCC(C)(C)C1=NC(C(=O)O)(C(C)(C)C)N=C1C(C)(C)CCC. The average Bonchev–Trinajstić information content (AvgIpc) is 2.81. The highest BCUT2D eigenvalue weighted by Crippen LogP contribution is 2.45. The van der Waals surface area contributed by atoms with Gasteiger partial charge in [-0.1, -0.05) is 75.2 Å². The Morgan fingerprint density at radius 2 is 1.21 bits per heavy atom. The maximum absolute atomic E-state index is 12.2. The number of aliphatic imine (C=N–C) groups is 2. The topological polar surface area (TPSA) is 62.0 Å². The fourth-order valence-electron chi connectivity index (χ4n) is 3.64. The van der Waals surface area contributed by atoms with Gasteiger partial charge in [-0.15, -0.1) is 0 Å². The molecule has 0 bridgehead atoms. The van der Waals surface area contributed by atoms with E-state index in [2.05, 4.69) is 41.5 Å². The lowest BCUT2D eigenvalue weighted by Gasteiger charge is -2.32. The lowest BCUT2D eigenvalue weighted by molar-refractivity contribution is -0.146. The molecule has 1 aliphatic heterocycles. The first kappa shape index (κ1) is 20.9. The van der Waals surface area contributed by atoms with Crippen LogP contribution in [0.25, 0.3) is 0 Å². The van der Waals surface area contributed by atoms with Gasteiger partial charge in [-0.3, -0.25) is 0 Å². The van der Waals surface area contributed by atoms with Crippen molar-refractivity contribution in [1.82, 2.24) is 0 Å². The van der Waals surface area contributed by atoms with Gasteiger partial charge >= 0.3 is 5.97 Å². The Kier molecular flexibility index (Phi) is 5.74. The summed E-state index contributed by atoms with van der Waals surface area (Å²) in [6.07, 6.45) is 3.99. The van der Waals surface area contributed by atoms with Crippen LogP contribution in [-0.4, -0.2) is 28.2 Å². The van der Waals surface area contributed by atoms with E-state index in [-0.39, 0.29) is 10.8 Å². The normalized spacial score (nSPS) is 18.4. The summed E-state index contributed by atoms with van der Waals surface area (Å²) in [4.78, 5) is 21.9. The van der Waals surface area contributed by atoms with Crippen LogP contribution in [0.4, 0.5) is 0 Å². The second kappa shape index (κ2) is 6.61. The molecule has 138 valence electrons. The number of hydrogen-bond acceptors (Lipinski definition) is 3. The Labute approximate surface area is 147 Å². The van der Waals surface area contributed by atoms with E-state index in [1.807, 2.05) is 20.8 Å². The summed E-state index contributed by atoms with van der Waals surface area (Å²) < 4.78 is 0. The van der Waals surface area contributed by atoms with Crippen molar-refractivity contribution >= 4 is 17.4 Å². The summed E-state index contributed by atoms with van der Waals surface area (Å²) in [6, 6.07) is 0. The first-order valence-corrected chi connectivity index (χ1v) is 9.19. The van der Waals surface area contributed by atoms with E-state index >= 15 is 0 Å². The molecule has 0 saturated heterocycles. The van der Waals surface area contributed by atoms with Crippen LogP contribution in [0, 0.1) is 16.2 Å². The highest BCUT2D eigenvalue weighted by molar-refractivity contribution is 6.47.